The van der Waals surface area contributed by atoms with E-state index in [1.807, 2.05) is 25.2 Å². The van der Waals surface area contributed by atoms with Crippen LogP contribution in [-0.4, -0.2) is 7.05 Å². The lowest BCUT2D eigenvalue weighted by Crippen LogP contribution is -2.12. The van der Waals surface area contributed by atoms with Crippen LogP contribution in [0.15, 0.2) is 36.4 Å². The number of hydrogen-bond acceptors (Lipinski definition) is 2. The van der Waals surface area contributed by atoms with Gasteiger partial charge >= 0.3 is 0 Å². The summed E-state index contributed by atoms with van der Waals surface area (Å²) in [6.45, 7) is 4.65. The van der Waals surface area contributed by atoms with Gasteiger partial charge in [-0.25, -0.2) is 0 Å². The minimum atomic E-state index is 0.327. The zero-order valence-corrected chi connectivity index (χ0v) is 13.9. The van der Waals surface area contributed by atoms with Crippen LogP contribution >= 0.6 is 23.2 Å². The molecule has 0 saturated carbocycles. The molecule has 0 saturated heterocycles. The zero-order valence-electron chi connectivity index (χ0n) is 12.4. The Morgan fingerprint density at radius 2 is 1.86 bits per heavy atom. The van der Waals surface area contributed by atoms with Crippen molar-refractivity contribution in [2.45, 2.75) is 26.5 Å². The molecule has 0 aromatic heterocycles. The van der Waals surface area contributed by atoms with Gasteiger partial charge < -0.3 is 10.1 Å². The zero-order chi connectivity index (χ0) is 15.4. The largest absolute Gasteiger partial charge is 0.489 e. The highest BCUT2D eigenvalue weighted by molar-refractivity contribution is 6.42. The Hall–Kier alpha value is -1.22. The molecule has 0 bridgehead atoms. The monoisotopic (exact) mass is 323 g/mol. The van der Waals surface area contributed by atoms with Crippen molar-refractivity contribution < 1.29 is 4.74 Å². The Bertz CT molecular complexity index is 628. The molecule has 2 nitrogen and oxygen atoms in total. The first kappa shape index (κ1) is 16.2. The highest BCUT2D eigenvalue weighted by Gasteiger charge is 2.07. The lowest BCUT2D eigenvalue weighted by molar-refractivity contribution is 0.304. The minimum Gasteiger partial charge on any atom is -0.489 e. The van der Waals surface area contributed by atoms with Crippen LogP contribution in [0.4, 0.5) is 0 Å². The van der Waals surface area contributed by atoms with E-state index in [-0.39, 0.29) is 0 Å². The maximum absolute atomic E-state index is 6.00. The van der Waals surface area contributed by atoms with Gasteiger partial charge in [0.1, 0.15) is 12.4 Å². The summed E-state index contributed by atoms with van der Waals surface area (Å²) in [6, 6.07) is 12.1. The van der Waals surface area contributed by atoms with Crippen molar-refractivity contribution in [1.82, 2.24) is 5.32 Å². The standard InChI is InChI=1S/C17H19Cl2NO/c1-11-8-14(12(2)20-3)5-7-17(11)21-10-13-4-6-15(18)16(19)9-13/h4-9,12,20H,10H2,1-3H3. The van der Waals surface area contributed by atoms with Crippen molar-refractivity contribution in [3.63, 3.8) is 0 Å². The smallest absolute Gasteiger partial charge is 0.122 e. The maximum atomic E-state index is 6.00. The van der Waals surface area contributed by atoms with Crippen LogP contribution in [0, 0.1) is 6.92 Å². The third-order valence-electron chi connectivity index (χ3n) is 3.51. The second-order valence-electron chi connectivity index (χ2n) is 5.07. The topological polar surface area (TPSA) is 21.3 Å². The van der Waals surface area contributed by atoms with Crippen LogP contribution in [0.3, 0.4) is 0 Å². The molecule has 2 aromatic carbocycles. The third-order valence-corrected chi connectivity index (χ3v) is 4.25. The molecule has 1 atom stereocenters. The number of rotatable bonds is 5. The lowest BCUT2D eigenvalue weighted by Gasteiger charge is -2.14. The van der Waals surface area contributed by atoms with Crippen LogP contribution in [0.1, 0.15) is 29.7 Å². The first-order chi connectivity index (χ1) is 10.0. The van der Waals surface area contributed by atoms with Gasteiger partial charge in [-0.3, -0.25) is 0 Å². The molecule has 2 aromatic rings. The first-order valence-corrected chi connectivity index (χ1v) is 7.61. The van der Waals surface area contributed by atoms with Crippen molar-refractivity contribution in [1.29, 1.82) is 0 Å². The van der Waals surface area contributed by atoms with E-state index < -0.39 is 0 Å². The van der Waals surface area contributed by atoms with Crippen molar-refractivity contribution in [2.75, 3.05) is 7.05 Å². The fourth-order valence-electron chi connectivity index (χ4n) is 2.06. The van der Waals surface area contributed by atoms with E-state index in [9.17, 15) is 0 Å². The summed E-state index contributed by atoms with van der Waals surface area (Å²) in [6.07, 6.45) is 0. The van der Waals surface area contributed by atoms with Gasteiger partial charge in [-0.15, -0.1) is 0 Å². The van der Waals surface area contributed by atoms with Crippen molar-refractivity contribution in [3.8, 4) is 5.75 Å². The molecule has 0 heterocycles. The highest BCUT2D eigenvalue weighted by Crippen LogP contribution is 2.26. The van der Waals surface area contributed by atoms with Gasteiger partial charge in [-0.2, -0.15) is 0 Å². The molecule has 0 spiro atoms. The van der Waals surface area contributed by atoms with Crippen molar-refractivity contribution >= 4 is 23.2 Å². The van der Waals surface area contributed by atoms with Gasteiger partial charge in [0.2, 0.25) is 0 Å². The number of hydrogen-bond donors (Lipinski definition) is 1. The number of aryl methyl sites for hydroxylation is 1. The molecular formula is C17H19Cl2NO. The fourth-order valence-corrected chi connectivity index (χ4v) is 2.38. The van der Waals surface area contributed by atoms with Crippen LogP contribution in [0.5, 0.6) is 5.75 Å². The number of ether oxygens (including phenoxy) is 1. The van der Waals surface area contributed by atoms with E-state index >= 15 is 0 Å². The van der Waals surface area contributed by atoms with Gasteiger partial charge in [-0.05, 0) is 55.8 Å². The summed E-state index contributed by atoms with van der Waals surface area (Å²) >= 11 is 11.9. The van der Waals surface area contributed by atoms with Gasteiger partial charge in [0.05, 0.1) is 10.0 Å². The van der Waals surface area contributed by atoms with Crippen LogP contribution in [0.25, 0.3) is 0 Å². The Morgan fingerprint density at radius 3 is 2.48 bits per heavy atom. The van der Waals surface area contributed by atoms with Crippen LogP contribution in [-0.2, 0) is 6.61 Å². The molecule has 112 valence electrons. The molecule has 0 amide bonds. The molecule has 1 unspecified atom stereocenters. The summed E-state index contributed by atoms with van der Waals surface area (Å²) < 4.78 is 5.86. The molecule has 1 N–H and O–H groups in total. The average molecular weight is 324 g/mol. The van der Waals surface area contributed by atoms with Gasteiger partial charge in [-0.1, -0.05) is 41.4 Å². The Balaban J connectivity index is 2.07. The predicted molar refractivity (Wildman–Crippen MR) is 89.4 cm³/mol. The normalized spacial score (nSPS) is 12.2. The number of nitrogens with one attached hydrogen (secondary N) is 1. The van der Waals surface area contributed by atoms with Gasteiger partial charge in [0, 0.05) is 6.04 Å². The van der Waals surface area contributed by atoms with Crippen molar-refractivity contribution in [2.24, 2.45) is 0 Å². The summed E-state index contributed by atoms with van der Waals surface area (Å²) in [7, 11) is 1.95. The Morgan fingerprint density at radius 1 is 1.10 bits per heavy atom. The molecule has 0 aliphatic heterocycles. The highest BCUT2D eigenvalue weighted by atomic mass is 35.5. The first-order valence-electron chi connectivity index (χ1n) is 6.86. The van der Waals surface area contributed by atoms with Gasteiger partial charge in [0.15, 0.2) is 0 Å². The summed E-state index contributed by atoms with van der Waals surface area (Å²) in [5, 5.41) is 4.34. The lowest BCUT2D eigenvalue weighted by atomic mass is 10.1. The molecule has 21 heavy (non-hydrogen) atoms. The Kier molecular flexibility index (Phi) is 5.51. The van der Waals surface area contributed by atoms with E-state index in [4.69, 9.17) is 27.9 Å². The molecule has 4 heteroatoms. The summed E-state index contributed by atoms with van der Waals surface area (Å²) in [5.74, 6) is 0.883. The molecule has 0 aliphatic rings. The number of halogens is 2. The number of benzene rings is 2. The molecule has 2 rings (SSSR count). The van der Waals surface area contributed by atoms with E-state index in [0.717, 1.165) is 16.9 Å². The molecule has 0 fully saturated rings. The summed E-state index contributed by atoms with van der Waals surface area (Å²) in [5.41, 5.74) is 3.36. The SMILES string of the molecule is CNC(C)c1ccc(OCc2ccc(Cl)c(Cl)c2)c(C)c1. The van der Waals surface area contributed by atoms with E-state index in [0.29, 0.717) is 22.7 Å². The molecule has 0 radical (unpaired) electrons. The van der Waals surface area contributed by atoms with Gasteiger partial charge in [0.25, 0.3) is 0 Å². The van der Waals surface area contributed by atoms with Crippen molar-refractivity contribution in [3.05, 3.63) is 63.1 Å². The van der Waals surface area contributed by atoms with Crippen LogP contribution in [0.2, 0.25) is 10.0 Å². The van der Waals surface area contributed by atoms with E-state index in [1.165, 1.54) is 5.56 Å². The quantitative estimate of drug-likeness (QED) is 0.820. The molecular weight excluding hydrogens is 305 g/mol. The molecule has 0 aliphatic carbocycles. The predicted octanol–water partition coefficient (Wildman–Crippen LogP) is 5.16. The van der Waals surface area contributed by atoms with Crippen LogP contribution < -0.4 is 10.1 Å². The second kappa shape index (κ2) is 7.17. The average Bonchev–Trinajstić information content (AvgIpc) is 2.48. The summed E-state index contributed by atoms with van der Waals surface area (Å²) in [4.78, 5) is 0. The minimum absolute atomic E-state index is 0.327. The maximum Gasteiger partial charge on any atom is 0.122 e. The fraction of sp³-hybridized carbons (Fsp3) is 0.294. The second-order valence-corrected chi connectivity index (χ2v) is 5.89. The Labute approximate surface area is 136 Å². The van der Waals surface area contributed by atoms with E-state index in [2.05, 4.69) is 31.3 Å². The third kappa shape index (κ3) is 4.13. The van der Waals surface area contributed by atoms with E-state index in [1.54, 1.807) is 6.07 Å².